The van der Waals surface area contributed by atoms with Gasteiger partial charge in [0, 0.05) is 25.4 Å². The Bertz CT molecular complexity index is 181. The predicted octanol–water partition coefficient (Wildman–Crippen LogP) is 0.402. The standard InChI is InChI=1S/C9H15NO2/c1-3-4-9(12)10-5-7(2)8(11)6-10/h3,7-8,11H,1,4-6H2,2H3. The number of carbonyl (C=O) groups excluding carboxylic acids is 1. The number of carbonyl (C=O) groups is 1. The molecule has 3 nitrogen and oxygen atoms in total. The highest BCUT2D eigenvalue weighted by atomic mass is 16.3. The van der Waals surface area contributed by atoms with E-state index in [1.807, 2.05) is 6.92 Å². The van der Waals surface area contributed by atoms with Crippen LogP contribution in [0.4, 0.5) is 0 Å². The first-order valence-electron chi connectivity index (χ1n) is 4.22. The molecule has 0 aromatic heterocycles. The van der Waals surface area contributed by atoms with Crippen molar-refractivity contribution < 1.29 is 9.90 Å². The second kappa shape index (κ2) is 3.72. The topological polar surface area (TPSA) is 40.5 Å². The highest BCUT2D eigenvalue weighted by Gasteiger charge is 2.29. The van der Waals surface area contributed by atoms with Gasteiger partial charge in [-0.25, -0.2) is 0 Å². The van der Waals surface area contributed by atoms with Gasteiger partial charge in [0.1, 0.15) is 0 Å². The summed E-state index contributed by atoms with van der Waals surface area (Å²) in [6.07, 6.45) is 1.62. The van der Waals surface area contributed by atoms with E-state index in [0.29, 0.717) is 19.5 Å². The van der Waals surface area contributed by atoms with E-state index < -0.39 is 0 Å². The normalized spacial score (nSPS) is 29.0. The zero-order valence-corrected chi connectivity index (χ0v) is 7.36. The molecule has 0 spiro atoms. The first kappa shape index (κ1) is 9.26. The van der Waals surface area contributed by atoms with Crippen LogP contribution in [-0.2, 0) is 4.79 Å². The van der Waals surface area contributed by atoms with Crippen LogP contribution in [0.2, 0.25) is 0 Å². The van der Waals surface area contributed by atoms with Crippen molar-refractivity contribution in [3.05, 3.63) is 12.7 Å². The van der Waals surface area contributed by atoms with Gasteiger partial charge in [0.05, 0.1) is 6.10 Å². The van der Waals surface area contributed by atoms with Crippen LogP contribution in [0.1, 0.15) is 13.3 Å². The average molecular weight is 169 g/mol. The van der Waals surface area contributed by atoms with Gasteiger partial charge >= 0.3 is 0 Å². The van der Waals surface area contributed by atoms with E-state index in [2.05, 4.69) is 6.58 Å². The smallest absolute Gasteiger partial charge is 0.226 e. The maximum Gasteiger partial charge on any atom is 0.226 e. The molecule has 1 saturated heterocycles. The van der Waals surface area contributed by atoms with Gasteiger partial charge in [-0.3, -0.25) is 4.79 Å². The van der Waals surface area contributed by atoms with Crippen LogP contribution in [0.25, 0.3) is 0 Å². The molecule has 3 heteroatoms. The van der Waals surface area contributed by atoms with Crippen molar-refractivity contribution in [2.45, 2.75) is 19.4 Å². The van der Waals surface area contributed by atoms with E-state index in [0.717, 1.165) is 0 Å². The third-order valence-electron chi connectivity index (χ3n) is 2.24. The van der Waals surface area contributed by atoms with E-state index in [1.54, 1.807) is 11.0 Å². The van der Waals surface area contributed by atoms with Crippen LogP contribution >= 0.6 is 0 Å². The fraction of sp³-hybridized carbons (Fsp3) is 0.667. The van der Waals surface area contributed by atoms with E-state index in [9.17, 15) is 9.90 Å². The van der Waals surface area contributed by atoms with Crippen molar-refractivity contribution in [3.63, 3.8) is 0 Å². The fourth-order valence-corrected chi connectivity index (χ4v) is 1.41. The molecule has 1 fully saturated rings. The van der Waals surface area contributed by atoms with Gasteiger partial charge in [-0.05, 0) is 0 Å². The minimum Gasteiger partial charge on any atom is -0.391 e. The van der Waals surface area contributed by atoms with Gasteiger partial charge in [-0.1, -0.05) is 13.0 Å². The molecule has 0 aromatic carbocycles. The van der Waals surface area contributed by atoms with Crippen molar-refractivity contribution in [2.24, 2.45) is 5.92 Å². The van der Waals surface area contributed by atoms with Crippen molar-refractivity contribution in [1.82, 2.24) is 4.90 Å². The second-order valence-corrected chi connectivity index (χ2v) is 3.34. The van der Waals surface area contributed by atoms with Gasteiger partial charge in [0.15, 0.2) is 0 Å². The Morgan fingerprint density at radius 2 is 2.42 bits per heavy atom. The molecule has 12 heavy (non-hydrogen) atoms. The Hall–Kier alpha value is -0.830. The van der Waals surface area contributed by atoms with Crippen LogP contribution < -0.4 is 0 Å². The SMILES string of the molecule is C=CCC(=O)N1CC(C)C(O)C1. The number of hydrogen-bond acceptors (Lipinski definition) is 2. The molecule has 0 aromatic rings. The number of nitrogens with zero attached hydrogens (tertiary/aromatic N) is 1. The number of β-amino-alcohol motifs (C(OH)–C–C–N with tert-alkyl or cyclic N) is 1. The van der Waals surface area contributed by atoms with Crippen molar-refractivity contribution >= 4 is 5.91 Å². The zero-order valence-electron chi connectivity index (χ0n) is 7.36. The number of hydrogen-bond donors (Lipinski definition) is 1. The predicted molar refractivity (Wildman–Crippen MR) is 46.6 cm³/mol. The maximum absolute atomic E-state index is 11.3. The summed E-state index contributed by atoms with van der Waals surface area (Å²) in [5, 5.41) is 9.37. The number of aliphatic hydroxyl groups is 1. The maximum atomic E-state index is 11.3. The Labute approximate surface area is 72.7 Å². The summed E-state index contributed by atoms with van der Waals surface area (Å²) in [6, 6.07) is 0. The first-order chi connectivity index (χ1) is 5.65. The molecule has 68 valence electrons. The quantitative estimate of drug-likeness (QED) is 0.608. The van der Waals surface area contributed by atoms with Gasteiger partial charge in [0.2, 0.25) is 5.91 Å². The summed E-state index contributed by atoms with van der Waals surface area (Å²) >= 11 is 0. The largest absolute Gasteiger partial charge is 0.391 e. The lowest BCUT2D eigenvalue weighted by molar-refractivity contribution is -0.129. The summed E-state index contributed by atoms with van der Waals surface area (Å²) in [4.78, 5) is 13.0. The molecule has 1 amide bonds. The number of likely N-dealkylation sites (tertiary alicyclic amines) is 1. The molecule has 1 rings (SSSR count). The lowest BCUT2D eigenvalue weighted by Gasteiger charge is -2.13. The lowest BCUT2D eigenvalue weighted by Crippen LogP contribution is -2.28. The van der Waals surface area contributed by atoms with Crippen molar-refractivity contribution in [3.8, 4) is 0 Å². The third kappa shape index (κ3) is 1.85. The lowest BCUT2D eigenvalue weighted by atomic mass is 10.1. The highest BCUT2D eigenvalue weighted by molar-refractivity contribution is 5.77. The molecule has 0 saturated carbocycles. The second-order valence-electron chi connectivity index (χ2n) is 3.34. The summed E-state index contributed by atoms with van der Waals surface area (Å²) in [5.74, 6) is 0.271. The molecule has 1 N–H and O–H groups in total. The van der Waals surface area contributed by atoms with E-state index >= 15 is 0 Å². The molecule has 2 atom stereocenters. The molecular formula is C9H15NO2. The van der Waals surface area contributed by atoms with E-state index in [4.69, 9.17) is 0 Å². The van der Waals surface area contributed by atoms with Gasteiger partial charge in [0.25, 0.3) is 0 Å². The Morgan fingerprint density at radius 3 is 2.83 bits per heavy atom. The Balaban J connectivity index is 2.45. The molecule has 0 bridgehead atoms. The summed E-state index contributed by atoms with van der Waals surface area (Å²) in [6.45, 7) is 6.60. The van der Waals surface area contributed by atoms with Crippen LogP contribution in [0.3, 0.4) is 0 Å². The van der Waals surface area contributed by atoms with Crippen molar-refractivity contribution in [2.75, 3.05) is 13.1 Å². The first-order valence-corrected chi connectivity index (χ1v) is 4.22. The molecular weight excluding hydrogens is 154 g/mol. The fourth-order valence-electron chi connectivity index (χ4n) is 1.41. The Kier molecular flexibility index (Phi) is 2.87. The molecule has 1 heterocycles. The zero-order chi connectivity index (χ0) is 9.14. The summed E-state index contributed by atoms with van der Waals surface area (Å²) < 4.78 is 0. The van der Waals surface area contributed by atoms with Crippen LogP contribution in [0.15, 0.2) is 12.7 Å². The average Bonchev–Trinajstić information content (AvgIpc) is 2.33. The number of amides is 1. The molecule has 1 aliphatic heterocycles. The minimum absolute atomic E-state index is 0.0633. The third-order valence-corrected chi connectivity index (χ3v) is 2.24. The van der Waals surface area contributed by atoms with Crippen molar-refractivity contribution in [1.29, 1.82) is 0 Å². The van der Waals surface area contributed by atoms with Gasteiger partial charge in [-0.2, -0.15) is 0 Å². The molecule has 0 aliphatic carbocycles. The van der Waals surface area contributed by atoms with Gasteiger partial charge < -0.3 is 10.0 Å². The number of aliphatic hydroxyl groups excluding tert-OH is 1. The minimum atomic E-state index is -0.348. The molecule has 2 unspecified atom stereocenters. The van der Waals surface area contributed by atoms with Gasteiger partial charge in [-0.15, -0.1) is 6.58 Å². The van der Waals surface area contributed by atoms with Crippen LogP contribution in [0, 0.1) is 5.92 Å². The highest BCUT2D eigenvalue weighted by Crippen LogP contribution is 2.16. The van der Waals surface area contributed by atoms with E-state index in [1.165, 1.54) is 0 Å². The molecule has 0 radical (unpaired) electrons. The Morgan fingerprint density at radius 1 is 1.75 bits per heavy atom. The summed E-state index contributed by atoms with van der Waals surface area (Å²) in [5.41, 5.74) is 0. The van der Waals surface area contributed by atoms with Crippen LogP contribution in [0.5, 0.6) is 0 Å². The monoisotopic (exact) mass is 169 g/mol. The van der Waals surface area contributed by atoms with Crippen LogP contribution in [-0.4, -0.2) is 35.1 Å². The number of rotatable bonds is 2. The summed E-state index contributed by atoms with van der Waals surface area (Å²) in [7, 11) is 0. The van der Waals surface area contributed by atoms with E-state index in [-0.39, 0.29) is 17.9 Å². The molecule has 1 aliphatic rings.